The number of halogens is 2. The Morgan fingerprint density at radius 2 is 1.75 bits per heavy atom. The van der Waals surface area contributed by atoms with Gasteiger partial charge in [0.1, 0.15) is 17.3 Å². The van der Waals surface area contributed by atoms with Crippen molar-refractivity contribution in [2.75, 3.05) is 0 Å². The van der Waals surface area contributed by atoms with Gasteiger partial charge in [-0.3, -0.25) is 0 Å². The maximum Gasteiger partial charge on any atom is 0.132 e. The first kappa shape index (κ1) is 15.0. The SMILES string of the molecule is Cc1cc(Oc2ccc(F)cc2[C@@H](C)N)cc(C)c1Br. The van der Waals surface area contributed by atoms with Crippen molar-refractivity contribution >= 4 is 15.9 Å². The van der Waals surface area contributed by atoms with E-state index < -0.39 is 0 Å². The zero-order valence-corrected chi connectivity index (χ0v) is 13.3. The summed E-state index contributed by atoms with van der Waals surface area (Å²) in [6.07, 6.45) is 0. The minimum absolute atomic E-state index is 0.293. The van der Waals surface area contributed by atoms with Crippen LogP contribution in [0.1, 0.15) is 29.7 Å². The summed E-state index contributed by atoms with van der Waals surface area (Å²) in [4.78, 5) is 0. The van der Waals surface area contributed by atoms with Crippen LogP contribution in [-0.2, 0) is 0 Å². The Labute approximate surface area is 126 Å². The van der Waals surface area contributed by atoms with Gasteiger partial charge in [0.25, 0.3) is 0 Å². The first-order chi connectivity index (χ1) is 9.38. The molecule has 0 heterocycles. The standard InChI is InChI=1S/C16H17BrFNO/c1-9-6-13(7-10(2)16(9)17)20-15-5-4-12(18)8-14(15)11(3)19/h4-8,11H,19H2,1-3H3/t11-/m1/s1. The topological polar surface area (TPSA) is 35.2 Å². The lowest BCUT2D eigenvalue weighted by Gasteiger charge is -2.15. The van der Waals surface area contributed by atoms with E-state index in [0.29, 0.717) is 11.3 Å². The third-order valence-corrected chi connectivity index (χ3v) is 4.35. The van der Waals surface area contributed by atoms with Crippen LogP contribution < -0.4 is 10.5 Å². The summed E-state index contributed by atoms with van der Waals surface area (Å²) in [6, 6.07) is 7.98. The van der Waals surface area contributed by atoms with Gasteiger partial charge in [-0.25, -0.2) is 4.39 Å². The molecule has 20 heavy (non-hydrogen) atoms. The number of ether oxygens (including phenoxy) is 1. The molecule has 0 aromatic heterocycles. The van der Waals surface area contributed by atoms with Crippen molar-refractivity contribution in [3.8, 4) is 11.5 Å². The molecule has 0 aliphatic carbocycles. The van der Waals surface area contributed by atoms with Gasteiger partial charge in [0.15, 0.2) is 0 Å². The quantitative estimate of drug-likeness (QED) is 0.853. The molecular formula is C16H17BrFNO. The lowest BCUT2D eigenvalue weighted by molar-refractivity contribution is 0.468. The van der Waals surface area contributed by atoms with Gasteiger partial charge in [0.2, 0.25) is 0 Å². The first-order valence-electron chi connectivity index (χ1n) is 6.38. The van der Waals surface area contributed by atoms with E-state index in [1.807, 2.05) is 26.0 Å². The van der Waals surface area contributed by atoms with E-state index in [1.165, 1.54) is 12.1 Å². The van der Waals surface area contributed by atoms with Crippen LogP contribution in [0.2, 0.25) is 0 Å². The maximum absolute atomic E-state index is 13.3. The molecule has 0 radical (unpaired) electrons. The molecule has 2 N–H and O–H groups in total. The van der Waals surface area contributed by atoms with Gasteiger partial charge in [-0.2, -0.15) is 0 Å². The normalized spacial score (nSPS) is 12.3. The van der Waals surface area contributed by atoms with Gasteiger partial charge < -0.3 is 10.5 Å². The second-order valence-electron chi connectivity index (χ2n) is 4.94. The predicted molar refractivity (Wildman–Crippen MR) is 82.7 cm³/mol. The highest BCUT2D eigenvalue weighted by Crippen LogP contribution is 2.32. The number of nitrogens with two attached hydrogens (primary N) is 1. The maximum atomic E-state index is 13.3. The van der Waals surface area contributed by atoms with E-state index in [-0.39, 0.29) is 11.9 Å². The number of hydrogen-bond donors (Lipinski definition) is 1. The molecule has 2 aromatic rings. The molecule has 0 bridgehead atoms. The molecular weight excluding hydrogens is 321 g/mol. The van der Waals surface area contributed by atoms with E-state index in [4.69, 9.17) is 10.5 Å². The van der Waals surface area contributed by atoms with Crippen molar-refractivity contribution in [1.29, 1.82) is 0 Å². The number of hydrogen-bond acceptors (Lipinski definition) is 2. The molecule has 0 fully saturated rings. The van der Waals surface area contributed by atoms with Crippen LogP contribution in [0, 0.1) is 19.7 Å². The third-order valence-electron chi connectivity index (χ3n) is 3.10. The van der Waals surface area contributed by atoms with Crippen molar-refractivity contribution < 1.29 is 9.13 Å². The van der Waals surface area contributed by atoms with Crippen molar-refractivity contribution in [1.82, 2.24) is 0 Å². The van der Waals surface area contributed by atoms with Crippen LogP contribution in [0.5, 0.6) is 11.5 Å². The van der Waals surface area contributed by atoms with Gasteiger partial charge in [0.05, 0.1) is 0 Å². The Hall–Kier alpha value is -1.39. The Balaban J connectivity index is 2.40. The number of benzene rings is 2. The fourth-order valence-corrected chi connectivity index (χ4v) is 2.29. The van der Waals surface area contributed by atoms with Gasteiger partial charge in [-0.1, -0.05) is 15.9 Å². The summed E-state index contributed by atoms with van der Waals surface area (Å²) in [6.45, 7) is 5.81. The summed E-state index contributed by atoms with van der Waals surface area (Å²) < 4.78 is 20.3. The number of rotatable bonds is 3. The molecule has 2 rings (SSSR count). The monoisotopic (exact) mass is 337 g/mol. The van der Waals surface area contributed by atoms with Crippen LogP contribution in [0.3, 0.4) is 0 Å². The molecule has 0 saturated carbocycles. The predicted octanol–water partition coefficient (Wildman–Crippen LogP) is 5.02. The molecule has 106 valence electrons. The second kappa shape index (κ2) is 5.94. The Morgan fingerprint density at radius 3 is 2.30 bits per heavy atom. The lowest BCUT2D eigenvalue weighted by atomic mass is 10.1. The molecule has 0 unspecified atom stereocenters. The molecule has 0 aliphatic heterocycles. The fourth-order valence-electron chi connectivity index (χ4n) is 2.06. The van der Waals surface area contributed by atoms with Crippen molar-refractivity contribution in [3.63, 3.8) is 0 Å². The summed E-state index contributed by atoms with van der Waals surface area (Å²) in [5.74, 6) is 0.993. The molecule has 4 heteroatoms. The van der Waals surface area contributed by atoms with Crippen LogP contribution in [0.4, 0.5) is 4.39 Å². The number of aryl methyl sites for hydroxylation is 2. The lowest BCUT2D eigenvalue weighted by Crippen LogP contribution is -2.07. The zero-order valence-electron chi connectivity index (χ0n) is 11.7. The van der Waals surface area contributed by atoms with E-state index in [2.05, 4.69) is 15.9 Å². The van der Waals surface area contributed by atoms with Crippen LogP contribution in [0.25, 0.3) is 0 Å². The zero-order chi connectivity index (χ0) is 14.9. The molecule has 0 aliphatic rings. The molecule has 2 nitrogen and oxygen atoms in total. The molecule has 0 amide bonds. The summed E-state index contributed by atoms with van der Waals surface area (Å²) >= 11 is 3.52. The Kier molecular flexibility index (Phi) is 4.45. The van der Waals surface area contributed by atoms with Gasteiger partial charge in [-0.15, -0.1) is 0 Å². The summed E-state index contributed by atoms with van der Waals surface area (Å²) in [5, 5.41) is 0. The van der Waals surface area contributed by atoms with Crippen molar-refractivity contribution in [2.24, 2.45) is 5.73 Å². The average molecular weight is 338 g/mol. The van der Waals surface area contributed by atoms with Crippen LogP contribution in [0.15, 0.2) is 34.8 Å². The average Bonchev–Trinajstić information content (AvgIpc) is 2.37. The van der Waals surface area contributed by atoms with Crippen LogP contribution in [-0.4, -0.2) is 0 Å². The molecule has 0 saturated heterocycles. The highest BCUT2D eigenvalue weighted by atomic mass is 79.9. The highest BCUT2D eigenvalue weighted by Gasteiger charge is 2.11. The molecule has 0 spiro atoms. The highest BCUT2D eigenvalue weighted by molar-refractivity contribution is 9.10. The molecule has 2 aromatic carbocycles. The fraction of sp³-hybridized carbons (Fsp3) is 0.250. The van der Waals surface area contributed by atoms with Crippen molar-refractivity contribution in [3.05, 3.63) is 57.3 Å². The van der Waals surface area contributed by atoms with E-state index in [0.717, 1.165) is 21.3 Å². The van der Waals surface area contributed by atoms with Crippen LogP contribution >= 0.6 is 15.9 Å². The Morgan fingerprint density at radius 1 is 1.15 bits per heavy atom. The smallest absolute Gasteiger partial charge is 0.132 e. The van der Waals surface area contributed by atoms with E-state index in [1.54, 1.807) is 13.0 Å². The Bertz CT molecular complexity index is 617. The largest absolute Gasteiger partial charge is 0.457 e. The van der Waals surface area contributed by atoms with Gasteiger partial charge >= 0.3 is 0 Å². The van der Waals surface area contributed by atoms with E-state index in [9.17, 15) is 4.39 Å². The minimum atomic E-state index is -0.312. The summed E-state index contributed by atoms with van der Waals surface area (Å²) in [7, 11) is 0. The second-order valence-corrected chi connectivity index (χ2v) is 5.74. The minimum Gasteiger partial charge on any atom is -0.457 e. The third kappa shape index (κ3) is 3.19. The van der Waals surface area contributed by atoms with Gasteiger partial charge in [-0.05, 0) is 62.2 Å². The first-order valence-corrected chi connectivity index (χ1v) is 7.17. The molecule has 1 atom stereocenters. The van der Waals surface area contributed by atoms with Crippen molar-refractivity contribution in [2.45, 2.75) is 26.8 Å². The van der Waals surface area contributed by atoms with E-state index >= 15 is 0 Å². The summed E-state index contributed by atoms with van der Waals surface area (Å²) in [5.41, 5.74) is 8.70. The van der Waals surface area contributed by atoms with Gasteiger partial charge in [0, 0.05) is 16.1 Å².